The molecule has 140 valence electrons. The Morgan fingerprint density at radius 3 is 2.56 bits per heavy atom. The van der Waals surface area contributed by atoms with Crippen molar-refractivity contribution in [3.05, 3.63) is 51.5 Å². The number of nitriles is 1. The molecule has 0 bridgehead atoms. The summed E-state index contributed by atoms with van der Waals surface area (Å²) in [6, 6.07) is 9.41. The van der Waals surface area contributed by atoms with Gasteiger partial charge in [-0.25, -0.2) is 9.78 Å². The van der Waals surface area contributed by atoms with Crippen LogP contribution in [0, 0.1) is 18.3 Å². The summed E-state index contributed by atoms with van der Waals surface area (Å²) < 4.78 is 5.12. The van der Waals surface area contributed by atoms with Crippen molar-refractivity contribution in [1.29, 1.82) is 5.26 Å². The van der Waals surface area contributed by atoms with Crippen LogP contribution in [0.25, 0.3) is 0 Å². The number of hydrogen-bond donors (Lipinski definition) is 0. The maximum Gasteiger partial charge on any atom is 0.338 e. The molecule has 0 amide bonds. The van der Waals surface area contributed by atoms with Gasteiger partial charge in [-0.05, 0) is 43.4 Å². The Labute approximate surface area is 163 Å². The summed E-state index contributed by atoms with van der Waals surface area (Å²) in [5, 5.41) is 11.5. The standard InChI is InChI=1S/C21H22N2O3S/c1-14-13-27-20(23-14)18(11-22)19(24)12-26-21(25)17-9-7-16(8-10-17)15-5-3-2-4-6-15/h7-10,13,15,18H,2-6,12H2,1H3/t18-/m0/s1. The first-order valence-corrected chi connectivity index (χ1v) is 10.1. The third-order valence-electron chi connectivity index (χ3n) is 4.90. The predicted octanol–water partition coefficient (Wildman–Crippen LogP) is 4.53. The highest BCUT2D eigenvalue weighted by Crippen LogP contribution is 2.32. The Morgan fingerprint density at radius 1 is 1.26 bits per heavy atom. The zero-order chi connectivity index (χ0) is 19.2. The molecular weight excluding hydrogens is 360 g/mol. The van der Waals surface area contributed by atoms with E-state index in [9.17, 15) is 14.9 Å². The predicted molar refractivity (Wildman–Crippen MR) is 103 cm³/mol. The molecule has 1 aromatic carbocycles. The Balaban J connectivity index is 1.57. The number of carbonyl (C=O) groups is 2. The third kappa shape index (κ3) is 4.81. The molecular formula is C21H22N2O3S. The van der Waals surface area contributed by atoms with Gasteiger partial charge in [-0.3, -0.25) is 4.79 Å². The number of aromatic nitrogens is 1. The maximum atomic E-state index is 12.2. The minimum Gasteiger partial charge on any atom is -0.454 e. The number of nitrogens with zero attached hydrogens (tertiary/aromatic N) is 2. The highest BCUT2D eigenvalue weighted by atomic mass is 32.1. The molecule has 5 nitrogen and oxygen atoms in total. The average Bonchev–Trinajstić information content (AvgIpc) is 3.13. The first kappa shape index (κ1) is 19.2. The van der Waals surface area contributed by atoms with Crippen LogP contribution < -0.4 is 0 Å². The van der Waals surface area contributed by atoms with E-state index in [0.29, 0.717) is 16.5 Å². The van der Waals surface area contributed by atoms with E-state index in [1.165, 1.54) is 49.0 Å². The van der Waals surface area contributed by atoms with Gasteiger partial charge in [0.05, 0.1) is 11.6 Å². The molecule has 1 heterocycles. The molecule has 0 spiro atoms. The Morgan fingerprint density at radius 2 is 1.96 bits per heavy atom. The lowest BCUT2D eigenvalue weighted by molar-refractivity contribution is -0.122. The smallest absolute Gasteiger partial charge is 0.338 e. The topological polar surface area (TPSA) is 80.0 Å². The number of thiazole rings is 1. The molecule has 1 aliphatic rings. The number of esters is 1. The summed E-state index contributed by atoms with van der Waals surface area (Å²) in [4.78, 5) is 28.6. The molecule has 0 saturated heterocycles. The van der Waals surface area contributed by atoms with E-state index >= 15 is 0 Å². The van der Waals surface area contributed by atoms with Gasteiger partial charge in [-0.2, -0.15) is 5.26 Å². The van der Waals surface area contributed by atoms with E-state index in [0.717, 1.165) is 5.69 Å². The summed E-state index contributed by atoms with van der Waals surface area (Å²) in [5.74, 6) is -1.43. The van der Waals surface area contributed by atoms with E-state index in [4.69, 9.17) is 4.74 Å². The van der Waals surface area contributed by atoms with Crippen molar-refractivity contribution in [2.45, 2.75) is 50.9 Å². The molecule has 27 heavy (non-hydrogen) atoms. The van der Waals surface area contributed by atoms with Crippen LogP contribution in [0.4, 0.5) is 0 Å². The van der Waals surface area contributed by atoms with Gasteiger partial charge in [0.25, 0.3) is 0 Å². The molecule has 0 aliphatic heterocycles. The minimum absolute atomic E-state index is 0.418. The summed E-state index contributed by atoms with van der Waals surface area (Å²) in [5.41, 5.74) is 2.44. The molecule has 3 rings (SSSR count). The zero-order valence-corrected chi connectivity index (χ0v) is 16.1. The molecule has 0 radical (unpaired) electrons. The number of rotatable bonds is 6. The number of Topliss-reactive ketones (excluding diaryl/α,β-unsaturated/α-hetero) is 1. The van der Waals surface area contributed by atoms with Crippen LogP contribution in [-0.2, 0) is 9.53 Å². The lowest BCUT2D eigenvalue weighted by Gasteiger charge is -2.21. The molecule has 1 saturated carbocycles. The van der Waals surface area contributed by atoms with Crippen LogP contribution in [0.5, 0.6) is 0 Å². The molecule has 1 fully saturated rings. The highest BCUT2D eigenvalue weighted by Gasteiger charge is 2.25. The van der Waals surface area contributed by atoms with Gasteiger partial charge in [0.15, 0.2) is 18.3 Å². The normalized spacial score (nSPS) is 15.7. The molecule has 0 unspecified atom stereocenters. The van der Waals surface area contributed by atoms with Gasteiger partial charge in [0.2, 0.25) is 0 Å². The zero-order valence-electron chi connectivity index (χ0n) is 15.3. The summed E-state index contributed by atoms with van der Waals surface area (Å²) in [6.07, 6.45) is 6.22. The Kier molecular flexibility index (Phi) is 6.36. The van der Waals surface area contributed by atoms with E-state index < -0.39 is 24.3 Å². The molecule has 1 atom stereocenters. The lowest BCUT2D eigenvalue weighted by atomic mass is 9.84. The van der Waals surface area contributed by atoms with E-state index in [2.05, 4.69) is 4.98 Å². The second-order valence-electron chi connectivity index (χ2n) is 6.89. The fraction of sp³-hybridized carbons (Fsp3) is 0.429. The number of ketones is 1. The van der Waals surface area contributed by atoms with Gasteiger partial charge in [0, 0.05) is 11.1 Å². The molecule has 0 N–H and O–H groups in total. The van der Waals surface area contributed by atoms with Crippen molar-refractivity contribution < 1.29 is 14.3 Å². The second kappa shape index (κ2) is 8.92. The van der Waals surface area contributed by atoms with Crippen LogP contribution in [0.3, 0.4) is 0 Å². The average molecular weight is 382 g/mol. The monoisotopic (exact) mass is 382 g/mol. The molecule has 1 aliphatic carbocycles. The molecule has 2 aromatic rings. The first-order valence-electron chi connectivity index (χ1n) is 9.20. The van der Waals surface area contributed by atoms with Crippen molar-refractivity contribution in [3.63, 3.8) is 0 Å². The van der Waals surface area contributed by atoms with Crippen LogP contribution in [0.2, 0.25) is 0 Å². The quantitative estimate of drug-likeness (QED) is 0.686. The minimum atomic E-state index is -0.995. The van der Waals surface area contributed by atoms with Crippen molar-refractivity contribution in [2.75, 3.05) is 6.61 Å². The first-order chi connectivity index (χ1) is 13.1. The van der Waals surface area contributed by atoms with Crippen LogP contribution in [0.1, 0.15) is 70.6 Å². The highest BCUT2D eigenvalue weighted by molar-refractivity contribution is 7.09. The van der Waals surface area contributed by atoms with E-state index in [1.807, 2.05) is 18.2 Å². The molecule has 6 heteroatoms. The van der Waals surface area contributed by atoms with E-state index in [1.54, 1.807) is 24.4 Å². The van der Waals surface area contributed by atoms with Crippen LogP contribution in [0.15, 0.2) is 29.6 Å². The van der Waals surface area contributed by atoms with Crippen LogP contribution >= 0.6 is 11.3 Å². The number of ether oxygens (including phenoxy) is 1. The third-order valence-corrected chi connectivity index (χ3v) is 5.93. The molecule has 1 aromatic heterocycles. The summed E-state index contributed by atoms with van der Waals surface area (Å²) in [6.45, 7) is 1.37. The van der Waals surface area contributed by atoms with Gasteiger partial charge in [0.1, 0.15) is 5.01 Å². The van der Waals surface area contributed by atoms with Crippen molar-refractivity contribution in [3.8, 4) is 6.07 Å². The SMILES string of the molecule is Cc1csc([C@@H](C#N)C(=O)COC(=O)c2ccc(C3CCCCC3)cc2)n1. The van der Waals surface area contributed by atoms with Crippen molar-refractivity contribution in [1.82, 2.24) is 4.98 Å². The lowest BCUT2D eigenvalue weighted by Crippen LogP contribution is -2.20. The van der Waals surface area contributed by atoms with Crippen LogP contribution in [-0.4, -0.2) is 23.3 Å². The Bertz CT molecular complexity index is 845. The summed E-state index contributed by atoms with van der Waals surface area (Å²) >= 11 is 1.26. The largest absolute Gasteiger partial charge is 0.454 e. The fourth-order valence-corrected chi connectivity index (χ4v) is 4.26. The van der Waals surface area contributed by atoms with Gasteiger partial charge in [-0.15, -0.1) is 11.3 Å². The number of benzene rings is 1. The fourth-order valence-electron chi connectivity index (χ4n) is 3.40. The van der Waals surface area contributed by atoms with E-state index in [-0.39, 0.29) is 0 Å². The maximum absolute atomic E-state index is 12.2. The number of hydrogen-bond acceptors (Lipinski definition) is 6. The van der Waals surface area contributed by atoms with Gasteiger partial charge in [-0.1, -0.05) is 31.4 Å². The summed E-state index contributed by atoms with van der Waals surface area (Å²) in [7, 11) is 0. The second-order valence-corrected chi connectivity index (χ2v) is 7.78. The van der Waals surface area contributed by atoms with Gasteiger partial charge >= 0.3 is 5.97 Å². The number of aryl methyl sites for hydroxylation is 1. The Hall–Kier alpha value is -2.52. The number of carbonyl (C=O) groups excluding carboxylic acids is 2. The van der Waals surface area contributed by atoms with Crippen molar-refractivity contribution >= 4 is 23.1 Å². The van der Waals surface area contributed by atoms with Gasteiger partial charge < -0.3 is 4.74 Å². The van der Waals surface area contributed by atoms with Crippen molar-refractivity contribution in [2.24, 2.45) is 0 Å².